The molecule has 120 valence electrons. The van der Waals surface area contributed by atoms with Crippen LogP contribution >= 0.6 is 15.9 Å². The lowest BCUT2D eigenvalue weighted by Gasteiger charge is -2.14. The summed E-state index contributed by atoms with van der Waals surface area (Å²) in [4.78, 5) is 0. The Balaban J connectivity index is 2.18. The normalized spacial score (nSPS) is 11.1. The molecule has 0 heterocycles. The molecule has 0 radical (unpaired) electrons. The van der Waals surface area contributed by atoms with Gasteiger partial charge in [0.25, 0.3) is 0 Å². The van der Waals surface area contributed by atoms with Crippen LogP contribution in [0.5, 0.6) is 5.75 Å². The van der Waals surface area contributed by atoms with Crippen molar-refractivity contribution >= 4 is 15.9 Å². The first-order chi connectivity index (χ1) is 10.1. The molecule has 0 saturated carbocycles. The van der Waals surface area contributed by atoms with Gasteiger partial charge in [-0.25, -0.2) is 0 Å². The molecule has 0 aromatic heterocycles. The first-order valence-corrected chi connectivity index (χ1v) is 8.65. The van der Waals surface area contributed by atoms with Crippen molar-refractivity contribution in [3.8, 4) is 5.75 Å². The Hall–Kier alpha value is -0.580. The molecule has 21 heavy (non-hydrogen) atoms. The second-order valence-electron chi connectivity index (χ2n) is 5.34. The van der Waals surface area contributed by atoms with Crippen LogP contribution in [0, 0.1) is 0 Å². The van der Waals surface area contributed by atoms with Crippen LogP contribution in [0.25, 0.3) is 0 Å². The fraction of sp³-hybridized carbons (Fsp3) is 0.647. The predicted octanol–water partition coefficient (Wildman–Crippen LogP) is 4.36. The molecule has 0 atom stereocenters. The molecule has 4 heteroatoms. The van der Waals surface area contributed by atoms with Crippen LogP contribution in [0.4, 0.5) is 0 Å². The van der Waals surface area contributed by atoms with E-state index in [0.717, 1.165) is 49.4 Å². The third-order valence-corrected chi connectivity index (χ3v) is 3.72. The van der Waals surface area contributed by atoms with Crippen molar-refractivity contribution in [2.75, 3.05) is 32.9 Å². The minimum Gasteiger partial charge on any atom is -0.492 e. The van der Waals surface area contributed by atoms with Gasteiger partial charge in [-0.2, -0.15) is 0 Å². The molecule has 0 aliphatic carbocycles. The summed E-state index contributed by atoms with van der Waals surface area (Å²) in [5.41, 5.74) is 1.25. The van der Waals surface area contributed by atoms with Gasteiger partial charge in [0.15, 0.2) is 0 Å². The molecule has 0 bridgehead atoms. The third-order valence-electron chi connectivity index (χ3n) is 3.23. The summed E-state index contributed by atoms with van der Waals surface area (Å²) < 4.78 is 12.3. The number of hydrogen-bond donors (Lipinski definition) is 1. The van der Waals surface area contributed by atoms with Gasteiger partial charge in [0.05, 0.1) is 0 Å². The molecule has 3 nitrogen and oxygen atoms in total. The van der Waals surface area contributed by atoms with Gasteiger partial charge >= 0.3 is 0 Å². The Kier molecular flexibility index (Phi) is 9.72. The summed E-state index contributed by atoms with van der Waals surface area (Å²) in [6.45, 7) is 10.7. The number of rotatable bonds is 11. The number of nitrogens with one attached hydrogen (secondary N) is 1. The van der Waals surface area contributed by atoms with Crippen LogP contribution in [-0.4, -0.2) is 32.9 Å². The van der Waals surface area contributed by atoms with E-state index in [1.807, 2.05) is 19.1 Å². The minimum absolute atomic E-state index is 0.462. The molecule has 0 saturated heterocycles. The number of hydrogen-bond acceptors (Lipinski definition) is 3. The first-order valence-electron chi connectivity index (χ1n) is 7.85. The Morgan fingerprint density at radius 1 is 1.14 bits per heavy atom. The topological polar surface area (TPSA) is 30.5 Å². The van der Waals surface area contributed by atoms with E-state index in [2.05, 4.69) is 41.2 Å². The van der Waals surface area contributed by atoms with Gasteiger partial charge in [-0.15, -0.1) is 0 Å². The van der Waals surface area contributed by atoms with Crippen molar-refractivity contribution in [3.63, 3.8) is 0 Å². The van der Waals surface area contributed by atoms with Crippen molar-refractivity contribution in [3.05, 3.63) is 28.2 Å². The Bertz CT molecular complexity index is 396. The van der Waals surface area contributed by atoms with Crippen LogP contribution in [0.1, 0.15) is 45.1 Å². The third kappa shape index (κ3) is 7.84. The van der Waals surface area contributed by atoms with E-state index in [4.69, 9.17) is 9.47 Å². The van der Waals surface area contributed by atoms with Crippen molar-refractivity contribution in [2.45, 2.75) is 39.5 Å². The summed E-state index contributed by atoms with van der Waals surface area (Å²) in [6, 6.07) is 6.21. The summed E-state index contributed by atoms with van der Waals surface area (Å²) in [7, 11) is 0. The van der Waals surface area contributed by atoms with E-state index >= 15 is 0 Å². The zero-order valence-electron chi connectivity index (χ0n) is 13.5. The molecule has 0 aliphatic heterocycles. The second kappa shape index (κ2) is 11.0. The van der Waals surface area contributed by atoms with Gasteiger partial charge in [-0.05, 0) is 56.0 Å². The number of halogens is 1. The van der Waals surface area contributed by atoms with Crippen molar-refractivity contribution in [2.24, 2.45) is 0 Å². The molecule has 1 N–H and O–H groups in total. The number of benzene rings is 1. The molecular weight excluding hydrogens is 330 g/mol. The SMILES string of the molecule is CCOCCCCNCCOc1ccc(Br)cc1C(C)C. The standard InChI is InChI=1S/C17H28BrNO2/c1-4-20-11-6-5-9-19-10-12-21-17-8-7-15(18)13-16(17)14(2)3/h7-8,13-14,19H,4-6,9-12H2,1-3H3. The molecule has 1 aromatic carbocycles. The van der Waals surface area contributed by atoms with E-state index < -0.39 is 0 Å². The molecule has 0 amide bonds. The highest BCUT2D eigenvalue weighted by Crippen LogP contribution is 2.29. The average Bonchev–Trinajstić information content (AvgIpc) is 2.46. The van der Waals surface area contributed by atoms with E-state index in [-0.39, 0.29) is 0 Å². The van der Waals surface area contributed by atoms with Gasteiger partial charge in [0.1, 0.15) is 12.4 Å². The zero-order valence-corrected chi connectivity index (χ0v) is 15.0. The predicted molar refractivity (Wildman–Crippen MR) is 92.3 cm³/mol. The van der Waals surface area contributed by atoms with Crippen LogP contribution in [-0.2, 0) is 4.74 Å². The summed E-state index contributed by atoms with van der Waals surface area (Å²) >= 11 is 3.51. The van der Waals surface area contributed by atoms with Gasteiger partial charge in [0, 0.05) is 24.2 Å². The summed E-state index contributed by atoms with van der Waals surface area (Å²) in [5.74, 6) is 1.45. The quantitative estimate of drug-likeness (QED) is 0.597. The molecule has 1 rings (SSSR count). The van der Waals surface area contributed by atoms with Crippen LogP contribution in [0.2, 0.25) is 0 Å². The van der Waals surface area contributed by atoms with Gasteiger partial charge in [0.2, 0.25) is 0 Å². The highest BCUT2D eigenvalue weighted by molar-refractivity contribution is 9.10. The monoisotopic (exact) mass is 357 g/mol. The Morgan fingerprint density at radius 3 is 2.67 bits per heavy atom. The summed E-state index contributed by atoms with van der Waals surface area (Å²) in [5, 5.41) is 3.40. The Labute approximate surface area is 137 Å². The fourth-order valence-electron chi connectivity index (χ4n) is 2.06. The van der Waals surface area contributed by atoms with Gasteiger partial charge in [-0.1, -0.05) is 29.8 Å². The van der Waals surface area contributed by atoms with Gasteiger partial charge in [-0.3, -0.25) is 0 Å². The first kappa shape index (κ1) is 18.5. The van der Waals surface area contributed by atoms with Crippen LogP contribution in [0.3, 0.4) is 0 Å². The molecule has 0 aliphatic rings. The van der Waals surface area contributed by atoms with Crippen LogP contribution < -0.4 is 10.1 Å². The minimum atomic E-state index is 0.462. The van der Waals surface area contributed by atoms with Crippen molar-refractivity contribution in [1.82, 2.24) is 5.32 Å². The average molecular weight is 358 g/mol. The molecule has 1 aromatic rings. The second-order valence-corrected chi connectivity index (χ2v) is 6.26. The maximum Gasteiger partial charge on any atom is 0.122 e. The molecule has 0 unspecified atom stereocenters. The maximum atomic E-state index is 5.89. The van der Waals surface area contributed by atoms with Gasteiger partial charge < -0.3 is 14.8 Å². The highest BCUT2D eigenvalue weighted by Gasteiger charge is 2.08. The summed E-state index contributed by atoms with van der Waals surface area (Å²) in [6.07, 6.45) is 2.27. The van der Waals surface area contributed by atoms with Crippen molar-refractivity contribution < 1.29 is 9.47 Å². The lowest BCUT2D eigenvalue weighted by Crippen LogP contribution is -2.22. The van der Waals surface area contributed by atoms with Crippen LogP contribution in [0.15, 0.2) is 22.7 Å². The Morgan fingerprint density at radius 2 is 1.95 bits per heavy atom. The maximum absolute atomic E-state index is 5.89. The largest absolute Gasteiger partial charge is 0.492 e. The highest BCUT2D eigenvalue weighted by atomic mass is 79.9. The lowest BCUT2D eigenvalue weighted by molar-refractivity contribution is 0.143. The lowest BCUT2D eigenvalue weighted by atomic mass is 10.0. The number of ether oxygens (including phenoxy) is 2. The van der Waals surface area contributed by atoms with E-state index in [1.54, 1.807) is 0 Å². The van der Waals surface area contributed by atoms with Crippen molar-refractivity contribution in [1.29, 1.82) is 0 Å². The smallest absolute Gasteiger partial charge is 0.122 e. The molecule has 0 fully saturated rings. The van der Waals surface area contributed by atoms with E-state index in [9.17, 15) is 0 Å². The fourth-order valence-corrected chi connectivity index (χ4v) is 2.44. The number of unbranched alkanes of at least 4 members (excludes halogenated alkanes) is 1. The molecule has 0 spiro atoms. The van der Waals surface area contributed by atoms with E-state index in [0.29, 0.717) is 12.5 Å². The molecular formula is C17H28BrNO2. The van der Waals surface area contributed by atoms with E-state index in [1.165, 1.54) is 5.56 Å². The zero-order chi connectivity index (χ0) is 15.5.